The highest BCUT2D eigenvalue weighted by molar-refractivity contribution is 7.65. The van der Waals surface area contributed by atoms with Gasteiger partial charge in [0.05, 0.1) is 31.3 Å². The number of amides is 4. The highest BCUT2D eigenvalue weighted by atomic mass is 31.3. The lowest BCUT2D eigenvalue weighted by molar-refractivity contribution is -0.255. The maximum absolute atomic E-state index is 13.5. The molecule has 1 aliphatic carbocycles. The number of aliphatic hydroxyl groups excluding tert-OH is 1. The van der Waals surface area contributed by atoms with E-state index in [4.69, 9.17) is 18.9 Å². The number of H-pyrrole nitrogens is 1. The Hall–Kier alpha value is -8.39. The number of para-hydroxylation sites is 1. The Bertz CT molecular complexity index is 4290. The Morgan fingerprint density at radius 1 is 0.865 bits per heavy atom. The number of aromatic amines is 1. The minimum absolute atomic E-state index is 0.000409. The lowest BCUT2D eigenvalue weighted by Crippen LogP contribution is -2.36. The van der Waals surface area contributed by atoms with Crippen molar-refractivity contribution in [3.05, 3.63) is 140 Å². The summed E-state index contributed by atoms with van der Waals surface area (Å²) in [5.74, 6) is 2.19. The molecule has 3 aromatic carbocycles. The number of anilines is 1. The number of ether oxygens (including phenoxy) is 1. The summed E-state index contributed by atoms with van der Waals surface area (Å²) in [5.41, 5.74) is 1.96. The van der Waals surface area contributed by atoms with Gasteiger partial charge in [0, 0.05) is 128 Å². The average molecular weight is 1290 g/mol. The van der Waals surface area contributed by atoms with Gasteiger partial charge in [-0.1, -0.05) is 36.1 Å². The zero-order valence-electron chi connectivity index (χ0n) is 48.2. The van der Waals surface area contributed by atoms with Gasteiger partial charge in [0.2, 0.25) is 23.1 Å². The largest absolute Gasteiger partial charge is 0.756 e. The number of phosphoric ester groups is 1. The summed E-state index contributed by atoms with van der Waals surface area (Å²) < 4.78 is 61.9. The molecule has 1 fully saturated rings. The first-order valence-corrected chi connectivity index (χ1v) is 31.6. The molecule has 2 aliphatic heterocycles. The van der Waals surface area contributed by atoms with E-state index in [0.29, 0.717) is 38.9 Å². The summed E-state index contributed by atoms with van der Waals surface area (Å²) in [6, 6.07) is 22.9. The summed E-state index contributed by atoms with van der Waals surface area (Å²) >= 11 is 0. The molecule has 8 rings (SSSR count). The molecule has 0 spiro atoms. The fourth-order valence-electron chi connectivity index (χ4n) is 9.67. The molecule has 5 aromatic rings. The normalized spacial score (nSPS) is 16.2. The molecule has 33 heteroatoms. The number of carboxylic acids is 1. The topological polar surface area (TPSA) is 422 Å². The van der Waals surface area contributed by atoms with Crippen molar-refractivity contribution >= 4 is 80.6 Å². The molecule has 0 saturated carbocycles. The number of hydrogen-bond acceptors (Lipinski definition) is 20. The fourth-order valence-corrected chi connectivity index (χ4v) is 12.6. The predicted octanol–water partition coefficient (Wildman–Crippen LogP) is 0.0411. The number of hydrogen-bond donors (Lipinski definition) is 7. The molecule has 1 saturated heterocycles. The van der Waals surface area contributed by atoms with Crippen LogP contribution in [0.15, 0.2) is 105 Å². The van der Waals surface area contributed by atoms with Crippen molar-refractivity contribution in [1.82, 2.24) is 39.5 Å². The van der Waals surface area contributed by atoms with Gasteiger partial charge in [0.15, 0.2) is 0 Å². The summed E-state index contributed by atoms with van der Waals surface area (Å²) in [7, 11) is -10.2. The van der Waals surface area contributed by atoms with Crippen LogP contribution in [0.2, 0.25) is 0 Å². The van der Waals surface area contributed by atoms with Gasteiger partial charge in [0.25, 0.3) is 27.1 Å². The van der Waals surface area contributed by atoms with Crippen molar-refractivity contribution in [3.63, 3.8) is 0 Å². The smallest absolute Gasteiger partial charge is 0.476 e. The number of aromatic nitrogens is 3. The van der Waals surface area contributed by atoms with Gasteiger partial charge in [-0.15, -0.1) is 0 Å². The van der Waals surface area contributed by atoms with Gasteiger partial charge in [0.1, 0.15) is 49.9 Å². The molecular formula is C56H60N9O21P3-2. The number of rotatable bonds is 24. The van der Waals surface area contributed by atoms with Crippen LogP contribution in [0.3, 0.4) is 0 Å². The number of fused-ring (bicyclic) bond motifs is 3. The van der Waals surface area contributed by atoms with E-state index in [1.54, 1.807) is 29.8 Å². The Morgan fingerprint density at radius 3 is 2.30 bits per heavy atom. The molecule has 472 valence electrons. The lowest BCUT2D eigenvalue weighted by atomic mass is 9.89. The second-order valence-electron chi connectivity index (χ2n) is 20.6. The minimum atomic E-state index is -6.14. The van der Waals surface area contributed by atoms with Crippen molar-refractivity contribution in [2.45, 2.75) is 57.7 Å². The van der Waals surface area contributed by atoms with Crippen molar-refractivity contribution < 1.29 is 89.8 Å². The van der Waals surface area contributed by atoms with Crippen molar-refractivity contribution in [2.24, 2.45) is 0 Å². The van der Waals surface area contributed by atoms with E-state index in [1.807, 2.05) is 97.2 Å². The predicted molar refractivity (Wildman–Crippen MR) is 313 cm³/mol. The van der Waals surface area contributed by atoms with Gasteiger partial charge in [-0.2, -0.15) is 0 Å². The molecule has 5 unspecified atom stereocenters. The molecule has 5 atom stereocenters. The van der Waals surface area contributed by atoms with Crippen LogP contribution in [0.25, 0.3) is 44.3 Å². The third-order valence-corrected chi connectivity index (χ3v) is 17.7. The molecule has 4 amide bonds. The van der Waals surface area contributed by atoms with Crippen LogP contribution in [0.4, 0.5) is 5.69 Å². The standard InChI is InChI=1S/C56H62N9O21P3/c1-6-63(50(69)20-19-48(67)57-21-9-10-34-30-65(56(74)60-54(34)71)51-27-44(66)47(84-51)32-82-88(78,79)86-89(80,81)85-87(75,76)77)28-35-29-64(43-12-8-7-11-38(35)43)31-49(68)58-22-23-59-53(70)33-13-16-39(42(24-33)55(72)73)52-40-17-14-36(61(2)3)25-45(40)83-46-26-37(62(4)5)15-18-41(46)52/h7-8,11-18,24-26,29-30,44,47,51,66H,6,19-23,27-28,31-32H2,1-5H3,(H8-,57,58,59,60,67,68,70,71,72,73,74,75,76,77,78,79,80,81)/p-2. The van der Waals surface area contributed by atoms with Crippen LogP contribution in [0.5, 0.6) is 0 Å². The number of nitrogens with one attached hydrogen (secondary N) is 4. The first kappa shape index (κ1) is 66.6. The molecule has 30 nitrogen and oxygen atoms in total. The average Bonchev–Trinajstić information content (AvgIpc) is 1.45. The van der Waals surface area contributed by atoms with Gasteiger partial charge >= 0.3 is 13.5 Å². The van der Waals surface area contributed by atoms with Gasteiger partial charge in [-0.25, -0.2) is 22.6 Å². The minimum Gasteiger partial charge on any atom is -0.756 e. The second kappa shape index (κ2) is 28.0. The quantitative estimate of drug-likeness (QED) is 0.0138. The number of carboxylic acid groups (broad SMARTS) is 1. The Balaban J connectivity index is 0.817. The van der Waals surface area contributed by atoms with Gasteiger partial charge in [-0.3, -0.25) is 42.7 Å². The van der Waals surface area contributed by atoms with E-state index >= 15 is 0 Å². The number of carbonyl (C=O) groups excluding carboxylic acids is 5. The fraction of sp³-hybridized carbons (Fsp3) is 0.321. The SMILES string of the molecule is CCN(Cc1cn(CC(=O)NCCNC(=O)c2ccc(-c3c4ccc(=[N+](C)C)cc-4oc4cc(N(C)C)ccc34)c(C(=O)[O-])c2)c2ccccc12)C(=O)CCC(=O)NCC#Cc1cn(C2CC(O)C(COP(=O)([O-])OP(=O)([O-])OP(=O)(O)O)O2)c(=O)[nH]c1=O. The molecule has 3 aliphatic rings. The number of phosphoric acid groups is 3. The van der Waals surface area contributed by atoms with E-state index < -0.39 is 84.0 Å². The van der Waals surface area contributed by atoms with E-state index in [2.05, 4.69) is 40.9 Å². The number of nitrogens with zero attached hydrogens (tertiary/aromatic N) is 5. The van der Waals surface area contributed by atoms with Gasteiger partial charge in [-0.05, 0) is 54.4 Å². The van der Waals surface area contributed by atoms with Crippen LogP contribution in [0.1, 0.15) is 64.3 Å². The number of benzene rings is 4. The Morgan fingerprint density at radius 2 is 1.60 bits per heavy atom. The van der Waals surface area contributed by atoms with Crippen LogP contribution < -0.4 is 56.9 Å². The third kappa shape index (κ3) is 16.9. The summed E-state index contributed by atoms with van der Waals surface area (Å²) in [5, 5.41) is 33.6. The molecule has 89 heavy (non-hydrogen) atoms. The zero-order chi connectivity index (χ0) is 64.7. The Labute approximate surface area is 505 Å². The molecule has 0 bridgehead atoms. The number of carbonyl (C=O) groups is 5. The monoisotopic (exact) mass is 1290 g/mol. The number of aromatic carboxylic acids is 1. The summed E-state index contributed by atoms with van der Waals surface area (Å²) in [6.07, 6.45) is -2.56. The van der Waals surface area contributed by atoms with Crippen LogP contribution in [-0.2, 0) is 59.1 Å². The highest BCUT2D eigenvalue weighted by Crippen LogP contribution is 2.62. The molecule has 2 aromatic heterocycles. The highest BCUT2D eigenvalue weighted by Gasteiger charge is 2.38. The molecule has 0 radical (unpaired) electrons. The first-order chi connectivity index (χ1) is 42.0. The lowest BCUT2D eigenvalue weighted by Gasteiger charge is -2.31. The van der Waals surface area contributed by atoms with Gasteiger partial charge < -0.3 is 78.6 Å². The van der Waals surface area contributed by atoms with Crippen molar-refractivity contribution in [1.29, 1.82) is 0 Å². The van der Waals surface area contributed by atoms with Crippen LogP contribution in [-0.4, -0.2) is 137 Å². The van der Waals surface area contributed by atoms with E-state index in [9.17, 15) is 67.3 Å². The molecule has 7 N–H and O–H groups in total. The van der Waals surface area contributed by atoms with E-state index in [0.717, 1.165) is 32.8 Å². The van der Waals surface area contributed by atoms with E-state index in [-0.39, 0.29) is 80.6 Å². The summed E-state index contributed by atoms with van der Waals surface area (Å²) in [4.78, 5) is 137. The summed E-state index contributed by atoms with van der Waals surface area (Å²) in [6.45, 7) is 0.660. The first-order valence-electron chi connectivity index (χ1n) is 27.1. The zero-order valence-corrected chi connectivity index (χ0v) is 50.9. The Kier molecular flexibility index (Phi) is 20.9. The van der Waals surface area contributed by atoms with Crippen molar-refractivity contribution in [3.8, 4) is 34.3 Å². The van der Waals surface area contributed by atoms with Crippen LogP contribution in [0, 0.1) is 11.8 Å². The van der Waals surface area contributed by atoms with E-state index in [1.165, 1.54) is 17.0 Å². The third-order valence-electron chi connectivity index (χ3n) is 14.0. The van der Waals surface area contributed by atoms with Crippen molar-refractivity contribution in [2.75, 3.05) is 65.9 Å². The van der Waals surface area contributed by atoms with Crippen LogP contribution >= 0.6 is 23.5 Å². The second-order valence-corrected chi connectivity index (χ2v) is 24.9. The molecule has 4 heterocycles. The number of aliphatic hydroxyl groups is 1. The maximum atomic E-state index is 13.5. The molecular weight excluding hydrogens is 1230 g/mol. The maximum Gasteiger partial charge on any atom is 0.476 e.